The normalized spacial score (nSPS) is 31.3. The second-order valence-electron chi connectivity index (χ2n) is 6.42. The van der Waals surface area contributed by atoms with Gasteiger partial charge in [0.15, 0.2) is 0 Å². The van der Waals surface area contributed by atoms with Gasteiger partial charge >= 0.3 is 0 Å². The van der Waals surface area contributed by atoms with E-state index in [1.54, 1.807) is 0 Å². The van der Waals surface area contributed by atoms with Crippen LogP contribution in [0.1, 0.15) is 65.7 Å². The van der Waals surface area contributed by atoms with Gasteiger partial charge in [0.2, 0.25) is 5.91 Å². The number of nitrogens with zero attached hydrogens (tertiary/aromatic N) is 1. The van der Waals surface area contributed by atoms with Crippen LogP contribution in [-0.4, -0.2) is 29.6 Å². The van der Waals surface area contributed by atoms with Gasteiger partial charge in [-0.1, -0.05) is 40.0 Å². The average Bonchev–Trinajstić information content (AvgIpc) is 2.89. The molecule has 104 valence electrons. The van der Waals surface area contributed by atoms with Crippen molar-refractivity contribution >= 4 is 5.91 Å². The van der Waals surface area contributed by atoms with Crippen molar-refractivity contribution in [1.29, 1.82) is 0 Å². The number of rotatable bonds is 5. The van der Waals surface area contributed by atoms with Gasteiger partial charge in [0.1, 0.15) is 0 Å². The quantitative estimate of drug-likeness (QED) is 0.816. The minimum Gasteiger partial charge on any atom is -0.325 e. The minimum absolute atomic E-state index is 0.0740. The maximum Gasteiger partial charge on any atom is 0.241 e. The van der Waals surface area contributed by atoms with Crippen molar-refractivity contribution < 1.29 is 4.79 Å². The van der Waals surface area contributed by atoms with Gasteiger partial charge in [-0.2, -0.15) is 0 Å². The van der Waals surface area contributed by atoms with Gasteiger partial charge < -0.3 is 4.90 Å². The number of hydrogen-bond acceptors (Lipinski definition) is 2. The molecule has 1 aliphatic heterocycles. The van der Waals surface area contributed by atoms with Gasteiger partial charge in [-0.25, -0.2) is 0 Å². The monoisotopic (exact) mass is 252 g/mol. The van der Waals surface area contributed by atoms with E-state index in [2.05, 4.69) is 31.0 Å². The summed E-state index contributed by atoms with van der Waals surface area (Å²) in [5, 5.41) is 3.51. The SMILES string of the molecule is CCCC1NC(CC)N(CC2(C)CCCC2)C1=O. The van der Waals surface area contributed by atoms with Gasteiger partial charge in [-0.15, -0.1) is 0 Å². The van der Waals surface area contributed by atoms with E-state index in [1.165, 1.54) is 25.7 Å². The molecule has 18 heavy (non-hydrogen) atoms. The van der Waals surface area contributed by atoms with Crippen molar-refractivity contribution in [3.05, 3.63) is 0 Å². The Balaban J connectivity index is 2.03. The number of carbonyl (C=O) groups is 1. The van der Waals surface area contributed by atoms with Crippen LogP contribution in [0, 0.1) is 5.41 Å². The summed E-state index contributed by atoms with van der Waals surface area (Å²) in [5.41, 5.74) is 0.367. The second kappa shape index (κ2) is 5.60. The first-order valence-electron chi connectivity index (χ1n) is 7.66. The summed E-state index contributed by atoms with van der Waals surface area (Å²) in [6.45, 7) is 7.63. The van der Waals surface area contributed by atoms with E-state index in [9.17, 15) is 4.79 Å². The summed E-state index contributed by atoms with van der Waals surface area (Å²) in [7, 11) is 0. The summed E-state index contributed by atoms with van der Waals surface area (Å²) >= 11 is 0. The third kappa shape index (κ3) is 2.71. The van der Waals surface area contributed by atoms with Gasteiger partial charge in [-0.05, 0) is 31.1 Å². The Morgan fingerprint density at radius 3 is 2.56 bits per heavy atom. The van der Waals surface area contributed by atoms with E-state index in [0.717, 1.165) is 25.8 Å². The average molecular weight is 252 g/mol. The molecule has 3 nitrogen and oxygen atoms in total. The number of amides is 1. The Bertz CT molecular complexity index is 297. The maximum atomic E-state index is 12.5. The highest BCUT2D eigenvalue weighted by Gasteiger charge is 2.41. The van der Waals surface area contributed by atoms with Crippen LogP contribution in [-0.2, 0) is 4.79 Å². The summed E-state index contributed by atoms with van der Waals surface area (Å²) in [6.07, 6.45) is 8.57. The standard InChI is InChI=1S/C15H28N2O/c1-4-8-12-14(18)17(13(5-2)16-12)11-15(3)9-6-7-10-15/h12-13,16H,4-11H2,1-3H3. The van der Waals surface area contributed by atoms with Crippen LogP contribution in [0.2, 0.25) is 0 Å². The lowest BCUT2D eigenvalue weighted by Crippen LogP contribution is -2.42. The molecule has 0 radical (unpaired) electrons. The third-order valence-electron chi connectivity index (χ3n) is 4.68. The Morgan fingerprint density at radius 1 is 1.33 bits per heavy atom. The zero-order valence-electron chi connectivity index (χ0n) is 12.2. The van der Waals surface area contributed by atoms with Crippen LogP contribution in [0.5, 0.6) is 0 Å². The van der Waals surface area contributed by atoms with Crippen molar-refractivity contribution in [2.24, 2.45) is 5.41 Å². The Labute approximate surface area is 111 Å². The molecule has 1 amide bonds. The van der Waals surface area contributed by atoms with Crippen molar-refractivity contribution in [2.45, 2.75) is 77.9 Å². The largest absolute Gasteiger partial charge is 0.325 e. The number of hydrogen-bond donors (Lipinski definition) is 1. The molecule has 1 aliphatic carbocycles. The molecule has 0 spiro atoms. The highest BCUT2D eigenvalue weighted by atomic mass is 16.2. The fourth-order valence-electron chi connectivity index (χ4n) is 3.57. The smallest absolute Gasteiger partial charge is 0.241 e. The van der Waals surface area contributed by atoms with Gasteiger partial charge in [0.25, 0.3) is 0 Å². The summed E-state index contributed by atoms with van der Waals surface area (Å²) in [5.74, 6) is 0.344. The van der Waals surface area contributed by atoms with Crippen molar-refractivity contribution in [3.8, 4) is 0 Å². The van der Waals surface area contributed by atoms with Crippen LogP contribution in [0.25, 0.3) is 0 Å². The molecule has 1 saturated heterocycles. The van der Waals surface area contributed by atoms with E-state index in [1.807, 2.05) is 0 Å². The van der Waals surface area contributed by atoms with Crippen LogP contribution >= 0.6 is 0 Å². The fraction of sp³-hybridized carbons (Fsp3) is 0.933. The first-order chi connectivity index (χ1) is 8.59. The first kappa shape index (κ1) is 13.9. The lowest BCUT2D eigenvalue weighted by atomic mass is 9.88. The van der Waals surface area contributed by atoms with Crippen LogP contribution in [0.3, 0.4) is 0 Å². The molecule has 2 atom stereocenters. The molecule has 1 N–H and O–H groups in total. The van der Waals surface area contributed by atoms with E-state index in [4.69, 9.17) is 0 Å². The molecule has 0 aromatic carbocycles. The van der Waals surface area contributed by atoms with Gasteiger partial charge in [0, 0.05) is 6.54 Å². The molecular weight excluding hydrogens is 224 g/mol. The Kier molecular flexibility index (Phi) is 4.31. The molecule has 0 aromatic heterocycles. The lowest BCUT2D eigenvalue weighted by Gasteiger charge is -2.33. The van der Waals surface area contributed by atoms with Crippen molar-refractivity contribution in [1.82, 2.24) is 10.2 Å². The molecule has 3 heteroatoms. The molecule has 2 rings (SSSR count). The van der Waals surface area contributed by atoms with Crippen LogP contribution in [0.4, 0.5) is 0 Å². The maximum absolute atomic E-state index is 12.5. The predicted octanol–water partition coefficient (Wildman–Crippen LogP) is 2.90. The molecule has 2 unspecified atom stereocenters. The third-order valence-corrected chi connectivity index (χ3v) is 4.68. The molecular formula is C15H28N2O. The summed E-state index contributed by atoms with van der Waals surface area (Å²) in [6, 6.07) is 0.0740. The van der Waals surface area contributed by atoms with Crippen molar-refractivity contribution in [2.75, 3.05) is 6.54 Å². The topological polar surface area (TPSA) is 32.3 Å². The zero-order chi connectivity index (χ0) is 13.2. The summed E-state index contributed by atoms with van der Waals surface area (Å²) < 4.78 is 0. The van der Waals surface area contributed by atoms with Crippen LogP contribution < -0.4 is 5.32 Å². The first-order valence-corrected chi connectivity index (χ1v) is 7.66. The molecule has 2 aliphatic rings. The summed E-state index contributed by atoms with van der Waals surface area (Å²) in [4.78, 5) is 14.6. The second-order valence-corrected chi connectivity index (χ2v) is 6.42. The van der Waals surface area contributed by atoms with E-state index in [0.29, 0.717) is 11.3 Å². The molecule has 1 heterocycles. The lowest BCUT2D eigenvalue weighted by molar-refractivity contribution is -0.131. The van der Waals surface area contributed by atoms with Crippen LogP contribution in [0.15, 0.2) is 0 Å². The van der Waals surface area contributed by atoms with Gasteiger partial charge in [-0.3, -0.25) is 10.1 Å². The van der Waals surface area contributed by atoms with E-state index in [-0.39, 0.29) is 12.2 Å². The molecule has 1 saturated carbocycles. The Morgan fingerprint density at radius 2 is 2.00 bits per heavy atom. The zero-order valence-corrected chi connectivity index (χ0v) is 12.2. The highest BCUT2D eigenvalue weighted by molar-refractivity contribution is 5.84. The highest BCUT2D eigenvalue weighted by Crippen LogP contribution is 2.39. The van der Waals surface area contributed by atoms with E-state index < -0.39 is 0 Å². The number of carbonyl (C=O) groups excluding carboxylic acids is 1. The fourth-order valence-corrected chi connectivity index (χ4v) is 3.57. The minimum atomic E-state index is 0.0740. The molecule has 2 fully saturated rings. The Hall–Kier alpha value is -0.570. The predicted molar refractivity (Wildman–Crippen MR) is 74.2 cm³/mol. The van der Waals surface area contributed by atoms with E-state index >= 15 is 0 Å². The number of nitrogens with one attached hydrogen (secondary N) is 1. The van der Waals surface area contributed by atoms with Crippen molar-refractivity contribution in [3.63, 3.8) is 0 Å². The van der Waals surface area contributed by atoms with Gasteiger partial charge in [0.05, 0.1) is 12.2 Å². The molecule has 0 bridgehead atoms. The molecule has 0 aromatic rings.